The topological polar surface area (TPSA) is 129 Å². The van der Waals surface area contributed by atoms with E-state index >= 15 is 0 Å². The number of hydrogen-bond donors (Lipinski definition) is 3. The molecule has 1 fully saturated rings. The number of hydrogen-bond acceptors (Lipinski definition) is 9. The van der Waals surface area contributed by atoms with Crippen molar-refractivity contribution in [3.05, 3.63) is 60.2 Å². The van der Waals surface area contributed by atoms with Crippen LogP contribution in [-0.4, -0.2) is 85.1 Å². The lowest BCUT2D eigenvalue weighted by atomic mass is 10.1. The van der Waals surface area contributed by atoms with E-state index in [1.54, 1.807) is 12.3 Å². The number of aliphatic imine (C=N–C) groups is 1. The Morgan fingerprint density at radius 2 is 2.00 bits per heavy atom. The van der Waals surface area contributed by atoms with Crippen molar-refractivity contribution in [2.24, 2.45) is 4.99 Å². The zero-order valence-corrected chi connectivity index (χ0v) is 19.4. The molecule has 4 unspecified atom stereocenters. The summed E-state index contributed by atoms with van der Waals surface area (Å²) in [7, 11) is 3.98. The van der Waals surface area contributed by atoms with Gasteiger partial charge in [0.25, 0.3) is 0 Å². The van der Waals surface area contributed by atoms with Crippen molar-refractivity contribution in [1.82, 2.24) is 0 Å². The number of ether oxygens (including phenoxy) is 2. The highest BCUT2D eigenvalue weighted by atomic mass is 16.6. The van der Waals surface area contributed by atoms with Crippen molar-refractivity contribution in [1.29, 1.82) is 0 Å². The summed E-state index contributed by atoms with van der Waals surface area (Å²) < 4.78 is 9.60. The van der Waals surface area contributed by atoms with E-state index in [2.05, 4.69) is 16.3 Å². The molecule has 0 aromatic heterocycles. The third kappa shape index (κ3) is 8.26. The lowest BCUT2D eigenvalue weighted by molar-refractivity contribution is -0.156. The second kappa shape index (κ2) is 13.4. The first-order chi connectivity index (χ1) is 16.2. The van der Waals surface area contributed by atoms with Crippen molar-refractivity contribution in [2.45, 2.75) is 37.3 Å². The lowest BCUT2D eigenvalue weighted by Gasteiger charge is -2.19. The first kappa shape index (κ1) is 27.0. The predicted molar refractivity (Wildman–Crippen MR) is 130 cm³/mol. The molecule has 1 aliphatic heterocycles. The van der Waals surface area contributed by atoms with Gasteiger partial charge in [-0.15, -0.1) is 0 Å². The van der Waals surface area contributed by atoms with Gasteiger partial charge < -0.3 is 29.7 Å². The second-order valence-corrected chi connectivity index (χ2v) is 7.94. The number of nitrogens with zero attached hydrogens (tertiary/aromatic N) is 2. The second-order valence-electron chi connectivity index (χ2n) is 7.94. The van der Waals surface area contributed by atoms with Crippen LogP contribution >= 0.6 is 0 Å². The maximum absolute atomic E-state index is 11.8. The Labute approximate surface area is 199 Å². The van der Waals surface area contributed by atoms with Crippen LogP contribution in [0.15, 0.2) is 59.6 Å². The van der Waals surface area contributed by atoms with Gasteiger partial charge >= 0.3 is 11.9 Å². The molecule has 3 N–H and O–H groups in total. The Kier molecular flexibility index (Phi) is 10.7. The largest absolute Gasteiger partial charge is 0.463 e. The molecule has 1 aromatic carbocycles. The van der Waals surface area contributed by atoms with Crippen molar-refractivity contribution >= 4 is 29.9 Å². The molecule has 0 aliphatic carbocycles. The Hall–Kier alpha value is -3.27. The highest BCUT2D eigenvalue weighted by Gasteiger charge is 2.46. The number of carbonyl (C=O) groups is 2. The molecule has 1 aliphatic rings. The van der Waals surface area contributed by atoms with E-state index in [1.165, 1.54) is 0 Å². The highest BCUT2D eigenvalue weighted by molar-refractivity contribution is 5.78. The number of carbonyl (C=O) groups excluding carboxylic acids is 2. The van der Waals surface area contributed by atoms with Crippen LogP contribution in [0.2, 0.25) is 0 Å². The molecule has 0 saturated carbocycles. The standard InChI is InChI=1S/C25H32N2O7/c1-4-17(7-8-18-9-11-19(12-10-18)27(2)3)13-15-26-14-5-6-21(29)33-16-20(28)24-22(30)23(31)25(32)34-24/h4,7-13,15,20,22-24,28,30-31H,1,5-6,14,16H2,2-3H3. The summed E-state index contributed by atoms with van der Waals surface area (Å²) in [5.74, 6) is -1.58. The molecular formula is C25H32N2O7. The summed E-state index contributed by atoms with van der Waals surface area (Å²) in [6, 6.07) is 8.15. The fraction of sp³-hybridized carbons (Fsp3) is 0.400. The van der Waals surface area contributed by atoms with Crippen molar-refractivity contribution in [2.75, 3.05) is 32.1 Å². The monoisotopic (exact) mass is 472 g/mol. The highest BCUT2D eigenvalue weighted by Crippen LogP contribution is 2.19. The predicted octanol–water partition coefficient (Wildman–Crippen LogP) is 1.28. The van der Waals surface area contributed by atoms with E-state index < -0.39 is 43.0 Å². The maximum atomic E-state index is 11.8. The summed E-state index contributed by atoms with van der Waals surface area (Å²) in [6.45, 7) is 3.74. The SMILES string of the molecule is C=CC(C=Cc1ccc(N(C)C)cc1)=CC=NCCCC(=O)OCC(O)C1OC(=O)C(O)C1O. The average molecular weight is 473 g/mol. The van der Waals surface area contributed by atoms with Crippen LogP contribution in [0.4, 0.5) is 5.69 Å². The van der Waals surface area contributed by atoms with Gasteiger partial charge in [-0.2, -0.15) is 0 Å². The number of esters is 2. The van der Waals surface area contributed by atoms with Crippen LogP contribution in [0, 0.1) is 0 Å². The molecule has 2 rings (SSSR count). The van der Waals surface area contributed by atoms with E-state index in [9.17, 15) is 24.9 Å². The van der Waals surface area contributed by atoms with Crippen LogP contribution in [-0.2, 0) is 19.1 Å². The minimum atomic E-state index is -1.71. The van der Waals surface area contributed by atoms with Crippen molar-refractivity contribution in [3.8, 4) is 0 Å². The third-order valence-corrected chi connectivity index (χ3v) is 5.10. The molecule has 0 amide bonds. The molecule has 9 heteroatoms. The smallest absolute Gasteiger partial charge is 0.338 e. The first-order valence-electron chi connectivity index (χ1n) is 10.9. The number of aliphatic hydroxyl groups is 3. The number of aliphatic hydroxyl groups excluding tert-OH is 3. The van der Waals surface area contributed by atoms with Crippen LogP contribution in [0.3, 0.4) is 0 Å². The summed E-state index contributed by atoms with van der Waals surface area (Å²) >= 11 is 0. The Balaban J connectivity index is 1.69. The van der Waals surface area contributed by atoms with Gasteiger partial charge in [0.2, 0.25) is 0 Å². The molecular weight excluding hydrogens is 440 g/mol. The van der Waals surface area contributed by atoms with Gasteiger partial charge in [0.1, 0.15) is 18.8 Å². The normalized spacial score (nSPS) is 21.6. The van der Waals surface area contributed by atoms with Gasteiger partial charge in [-0.1, -0.05) is 36.9 Å². The number of allylic oxidation sites excluding steroid dienone is 4. The molecule has 0 bridgehead atoms. The van der Waals surface area contributed by atoms with E-state index in [0.717, 1.165) is 16.8 Å². The Bertz CT molecular complexity index is 922. The summed E-state index contributed by atoms with van der Waals surface area (Å²) in [5.41, 5.74) is 3.08. The quantitative estimate of drug-likeness (QED) is 0.180. The van der Waals surface area contributed by atoms with Crippen molar-refractivity contribution < 1.29 is 34.4 Å². The van der Waals surface area contributed by atoms with Crippen LogP contribution < -0.4 is 4.90 Å². The number of cyclic esters (lactones) is 1. The Morgan fingerprint density at radius 1 is 1.29 bits per heavy atom. The number of benzene rings is 1. The maximum Gasteiger partial charge on any atom is 0.338 e. The summed E-state index contributed by atoms with van der Waals surface area (Å²) in [6.07, 6.45) is 3.57. The van der Waals surface area contributed by atoms with E-state index in [0.29, 0.717) is 13.0 Å². The molecule has 0 radical (unpaired) electrons. The molecule has 9 nitrogen and oxygen atoms in total. The zero-order chi connectivity index (χ0) is 25.1. The molecule has 0 spiro atoms. The van der Waals surface area contributed by atoms with Gasteiger partial charge in [0.05, 0.1) is 0 Å². The van der Waals surface area contributed by atoms with Crippen LogP contribution in [0.25, 0.3) is 6.08 Å². The fourth-order valence-corrected chi connectivity index (χ4v) is 3.04. The van der Waals surface area contributed by atoms with E-state index in [1.807, 2.05) is 61.5 Å². The van der Waals surface area contributed by atoms with Gasteiger partial charge in [-0.25, -0.2) is 4.79 Å². The van der Waals surface area contributed by atoms with Crippen LogP contribution in [0.1, 0.15) is 18.4 Å². The minimum absolute atomic E-state index is 0.0839. The number of rotatable bonds is 12. The average Bonchev–Trinajstić information content (AvgIpc) is 3.09. The number of anilines is 1. The van der Waals surface area contributed by atoms with E-state index in [-0.39, 0.29) is 6.42 Å². The fourth-order valence-electron chi connectivity index (χ4n) is 3.04. The Morgan fingerprint density at radius 3 is 2.59 bits per heavy atom. The lowest BCUT2D eigenvalue weighted by Crippen LogP contribution is -2.41. The van der Waals surface area contributed by atoms with Gasteiger partial charge in [-0.3, -0.25) is 9.79 Å². The van der Waals surface area contributed by atoms with Gasteiger partial charge in [0.15, 0.2) is 12.2 Å². The molecule has 4 atom stereocenters. The minimum Gasteiger partial charge on any atom is -0.463 e. The molecule has 1 aromatic rings. The molecule has 34 heavy (non-hydrogen) atoms. The zero-order valence-electron chi connectivity index (χ0n) is 19.4. The van der Waals surface area contributed by atoms with E-state index in [4.69, 9.17) is 4.74 Å². The van der Waals surface area contributed by atoms with Crippen LogP contribution in [0.5, 0.6) is 0 Å². The summed E-state index contributed by atoms with van der Waals surface area (Å²) in [4.78, 5) is 29.3. The molecule has 1 saturated heterocycles. The molecule has 1 heterocycles. The third-order valence-electron chi connectivity index (χ3n) is 5.10. The molecule has 184 valence electrons. The van der Waals surface area contributed by atoms with Gasteiger partial charge in [0, 0.05) is 39.0 Å². The first-order valence-corrected chi connectivity index (χ1v) is 10.9. The van der Waals surface area contributed by atoms with Gasteiger partial charge in [-0.05, 0) is 35.8 Å². The summed E-state index contributed by atoms with van der Waals surface area (Å²) in [5, 5.41) is 28.9. The van der Waals surface area contributed by atoms with Crippen molar-refractivity contribution in [3.63, 3.8) is 0 Å².